The Morgan fingerprint density at radius 3 is 2.65 bits per heavy atom. The number of benzene rings is 1. The van der Waals surface area contributed by atoms with Gasteiger partial charge in [-0.2, -0.15) is 13.2 Å². The molecule has 7 nitrogen and oxygen atoms in total. The van der Waals surface area contributed by atoms with Crippen molar-refractivity contribution in [2.45, 2.75) is 38.3 Å². The number of likely N-dealkylation sites (tertiary alicyclic amines) is 1. The first-order chi connectivity index (χ1) is 17.5. The van der Waals surface area contributed by atoms with E-state index in [1.165, 1.54) is 6.07 Å². The number of fused-ring (bicyclic) bond motifs is 3. The third kappa shape index (κ3) is 5.15. The molecule has 37 heavy (non-hydrogen) atoms. The van der Waals surface area contributed by atoms with Gasteiger partial charge in [-0.3, -0.25) is 0 Å². The van der Waals surface area contributed by atoms with Crippen molar-refractivity contribution in [1.29, 1.82) is 0 Å². The van der Waals surface area contributed by atoms with Gasteiger partial charge in [-0.25, -0.2) is 9.98 Å². The van der Waals surface area contributed by atoms with E-state index in [1.807, 2.05) is 37.2 Å². The van der Waals surface area contributed by atoms with Crippen LogP contribution in [0.15, 0.2) is 47.1 Å². The summed E-state index contributed by atoms with van der Waals surface area (Å²) in [5.74, 6) is 0.923. The molecule has 0 aliphatic carbocycles. The highest BCUT2D eigenvalue weighted by Gasteiger charge is 2.33. The van der Waals surface area contributed by atoms with Crippen LogP contribution >= 0.6 is 12.2 Å². The second kappa shape index (κ2) is 9.60. The lowest BCUT2D eigenvalue weighted by atomic mass is 9.98. The number of aromatic nitrogens is 1. The van der Waals surface area contributed by atoms with Gasteiger partial charge in [-0.05, 0) is 51.2 Å². The highest BCUT2D eigenvalue weighted by molar-refractivity contribution is 7.80. The summed E-state index contributed by atoms with van der Waals surface area (Å²) in [5, 5.41) is 6.42. The van der Waals surface area contributed by atoms with Crippen LogP contribution in [0.25, 0.3) is 0 Å². The van der Waals surface area contributed by atoms with E-state index in [1.54, 1.807) is 0 Å². The molecule has 0 radical (unpaired) electrons. The van der Waals surface area contributed by atoms with Crippen LogP contribution in [0.5, 0.6) is 0 Å². The van der Waals surface area contributed by atoms with Crippen LogP contribution in [0.1, 0.15) is 29.7 Å². The van der Waals surface area contributed by atoms with Crippen molar-refractivity contribution in [3.8, 4) is 0 Å². The summed E-state index contributed by atoms with van der Waals surface area (Å²) in [7, 11) is 6.12. The molecule has 3 aliphatic heterocycles. The lowest BCUT2D eigenvalue weighted by molar-refractivity contribution is -0.137. The minimum Gasteiger partial charge on any atom is -0.355 e. The molecule has 196 valence electrons. The zero-order valence-electron chi connectivity index (χ0n) is 21.2. The van der Waals surface area contributed by atoms with Crippen molar-refractivity contribution in [3.63, 3.8) is 0 Å². The maximum Gasteiger partial charge on any atom is 0.416 e. The van der Waals surface area contributed by atoms with Crippen LogP contribution in [-0.2, 0) is 6.18 Å². The highest BCUT2D eigenvalue weighted by Crippen LogP contribution is 2.36. The number of thiocarbonyl (C=S) groups is 1. The van der Waals surface area contributed by atoms with E-state index in [-0.39, 0.29) is 0 Å². The average Bonchev–Trinajstić information content (AvgIpc) is 3.21. The van der Waals surface area contributed by atoms with Gasteiger partial charge in [0.25, 0.3) is 0 Å². The first-order valence-corrected chi connectivity index (χ1v) is 12.6. The van der Waals surface area contributed by atoms with Crippen molar-refractivity contribution in [3.05, 3.63) is 58.9 Å². The number of rotatable bonds is 4. The first-order valence-electron chi connectivity index (χ1n) is 12.2. The smallest absolute Gasteiger partial charge is 0.355 e. The van der Waals surface area contributed by atoms with Crippen molar-refractivity contribution in [2.75, 3.05) is 49.8 Å². The van der Waals surface area contributed by atoms with E-state index in [9.17, 15) is 13.2 Å². The maximum absolute atomic E-state index is 13.3. The second-order valence-corrected chi connectivity index (χ2v) is 10.4. The Bertz CT molecular complexity index is 1290. The average molecular weight is 530 g/mol. The number of hydrogen-bond donors (Lipinski definition) is 2. The summed E-state index contributed by atoms with van der Waals surface area (Å²) in [5.41, 5.74) is 3.34. The molecule has 3 aliphatic rings. The molecule has 1 aromatic carbocycles. The van der Waals surface area contributed by atoms with Gasteiger partial charge in [0.15, 0.2) is 6.29 Å². The van der Waals surface area contributed by atoms with E-state index in [4.69, 9.17) is 22.2 Å². The van der Waals surface area contributed by atoms with Crippen LogP contribution < -0.4 is 15.5 Å². The topological polar surface area (TPSA) is 59.0 Å². The standard InChI is InChI=1S/C26H30F3N7S/c1-15-20(7-8-22(30-15)36(4)18-9-10-34(2)14-18)32-25-33-24-16(13-35(25)3)11-23(37)31-21-12-17(26(27,28)29)5-6-19(21)24/h5-8,12-13,18,25,32H,9-11,14H2,1-4H3,(H,31,37). The van der Waals surface area contributed by atoms with Crippen LogP contribution in [-0.4, -0.2) is 72.0 Å². The number of anilines is 3. The molecule has 1 fully saturated rings. The van der Waals surface area contributed by atoms with E-state index in [0.717, 1.165) is 54.4 Å². The van der Waals surface area contributed by atoms with Gasteiger partial charge in [0, 0.05) is 56.1 Å². The number of alkyl halides is 3. The molecule has 0 bridgehead atoms. The van der Waals surface area contributed by atoms with Crippen LogP contribution in [0, 0.1) is 6.92 Å². The van der Waals surface area contributed by atoms with Gasteiger partial charge in [0.2, 0.25) is 0 Å². The quantitative estimate of drug-likeness (QED) is 0.557. The van der Waals surface area contributed by atoms with Crippen molar-refractivity contribution in [2.24, 2.45) is 4.99 Å². The minimum absolute atomic E-state index is 0.313. The van der Waals surface area contributed by atoms with Crippen molar-refractivity contribution < 1.29 is 13.2 Å². The van der Waals surface area contributed by atoms with Gasteiger partial charge >= 0.3 is 6.18 Å². The molecule has 4 heterocycles. The number of likely N-dealkylation sites (N-methyl/N-ethyl adjacent to an activating group) is 2. The molecule has 2 aromatic rings. The molecule has 5 rings (SSSR count). The minimum atomic E-state index is -4.44. The Balaban J connectivity index is 1.42. The molecule has 2 N–H and O–H groups in total. The lowest BCUT2D eigenvalue weighted by Crippen LogP contribution is -2.38. The Morgan fingerprint density at radius 1 is 1.19 bits per heavy atom. The van der Waals surface area contributed by atoms with Gasteiger partial charge in [0.1, 0.15) is 5.82 Å². The van der Waals surface area contributed by atoms with Crippen molar-refractivity contribution in [1.82, 2.24) is 14.8 Å². The lowest BCUT2D eigenvalue weighted by Gasteiger charge is -2.32. The zero-order chi connectivity index (χ0) is 26.5. The molecule has 0 spiro atoms. The number of aliphatic imine (C=N–C) groups is 1. The number of hydrogen-bond acceptors (Lipinski definition) is 7. The Morgan fingerprint density at radius 2 is 1.97 bits per heavy atom. The van der Waals surface area contributed by atoms with Crippen molar-refractivity contribution >= 4 is 40.1 Å². The summed E-state index contributed by atoms with van der Waals surface area (Å²) in [6.07, 6.45) is -1.47. The van der Waals surface area contributed by atoms with E-state index < -0.39 is 18.0 Å². The van der Waals surface area contributed by atoms with E-state index >= 15 is 0 Å². The van der Waals surface area contributed by atoms with Crippen LogP contribution in [0.4, 0.5) is 30.4 Å². The number of aryl methyl sites for hydroxylation is 1. The number of nitrogens with zero attached hydrogens (tertiary/aromatic N) is 5. The Hall–Kier alpha value is -3.18. The summed E-state index contributed by atoms with van der Waals surface area (Å²) >= 11 is 5.41. The molecule has 11 heteroatoms. The number of nitrogens with one attached hydrogen (secondary N) is 2. The SMILES string of the molecule is Cc1nc(N(C)C2CCN(C)C2)ccc1NC1N=C2C(=CN1C)CC(=S)Nc1cc(C(F)(F)F)ccc12. The summed E-state index contributed by atoms with van der Waals surface area (Å²) < 4.78 is 40.0. The monoisotopic (exact) mass is 529 g/mol. The van der Waals surface area contributed by atoms with Gasteiger partial charge in [-0.15, -0.1) is 0 Å². The normalized spacial score (nSPS) is 21.9. The molecule has 1 aromatic heterocycles. The van der Waals surface area contributed by atoms with Gasteiger partial charge < -0.3 is 25.3 Å². The third-order valence-electron chi connectivity index (χ3n) is 7.16. The van der Waals surface area contributed by atoms with Crippen LogP contribution in [0.3, 0.4) is 0 Å². The molecular weight excluding hydrogens is 499 g/mol. The first kappa shape index (κ1) is 25.5. The summed E-state index contributed by atoms with van der Waals surface area (Å²) in [4.78, 5) is 16.7. The third-order valence-corrected chi connectivity index (χ3v) is 7.41. The fourth-order valence-corrected chi connectivity index (χ4v) is 5.29. The largest absolute Gasteiger partial charge is 0.416 e. The molecule has 0 saturated carbocycles. The maximum atomic E-state index is 13.3. The van der Waals surface area contributed by atoms with E-state index in [2.05, 4.69) is 34.5 Å². The number of pyridine rings is 1. The molecule has 2 atom stereocenters. The fourth-order valence-electron chi connectivity index (χ4n) is 5.03. The van der Waals surface area contributed by atoms with Gasteiger partial charge in [-0.1, -0.05) is 18.3 Å². The molecule has 2 unspecified atom stereocenters. The predicted octanol–water partition coefficient (Wildman–Crippen LogP) is 4.71. The number of halogens is 3. The Kier molecular flexibility index (Phi) is 6.61. The Labute approximate surface area is 220 Å². The predicted molar refractivity (Wildman–Crippen MR) is 145 cm³/mol. The highest BCUT2D eigenvalue weighted by atomic mass is 32.1. The van der Waals surface area contributed by atoms with Gasteiger partial charge in [0.05, 0.1) is 27.6 Å². The molecule has 1 saturated heterocycles. The van der Waals surface area contributed by atoms with E-state index in [0.29, 0.717) is 34.4 Å². The summed E-state index contributed by atoms with van der Waals surface area (Å²) in [6.45, 7) is 4.05. The summed E-state index contributed by atoms with van der Waals surface area (Å²) in [6, 6.07) is 8.09. The molecular formula is C26H30F3N7S. The fraction of sp³-hybridized carbons (Fsp3) is 0.423. The zero-order valence-corrected chi connectivity index (χ0v) is 22.0. The van der Waals surface area contributed by atoms with Crippen LogP contribution in [0.2, 0.25) is 0 Å². The second-order valence-electron chi connectivity index (χ2n) is 9.92. The molecule has 0 amide bonds.